The zero-order valence-electron chi connectivity index (χ0n) is 18.3. The summed E-state index contributed by atoms with van der Waals surface area (Å²) in [6, 6.07) is -1.68. The summed E-state index contributed by atoms with van der Waals surface area (Å²) in [6.07, 6.45) is 5.85. The maximum atomic E-state index is 13.1. The van der Waals surface area contributed by atoms with Crippen LogP contribution in [-0.2, 0) is 19.1 Å². The van der Waals surface area contributed by atoms with Gasteiger partial charge in [0.2, 0.25) is 5.41 Å². The number of ether oxygens (including phenoxy) is 1. The van der Waals surface area contributed by atoms with Gasteiger partial charge in [-0.3, -0.25) is 14.4 Å². The van der Waals surface area contributed by atoms with Crippen LogP contribution in [0.2, 0.25) is 0 Å². The highest BCUT2D eigenvalue weighted by Gasteiger charge is 2.59. The summed E-state index contributed by atoms with van der Waals surface area (Å²) in [5.74, 6) is -3.42. The predicted molar refractivity (Wildman–Crippen MR) is 110 cm³/mol. The van der Waals surface area contributed by atoms with Crippen LogP contribution in [0.4, 0.5) is 0 Å². The van der Waals surface area contributed by atoms with Crippen LogP contribution in [0.25, 0.3) is 0 Å². The molecule has 0 spiro atoms. The van der Waals surface area contributed by atoms with E-state index in [0.717, 1.165) is 32.1 Å². The van der Waals surface area contributed by atoms with Crippen LogP contribution < -0.4 is 11.5 Å². The first kappa shape index (κ1) is 26.5. The summed E-state index contributed by atoms with van der Waals surface area (Å²) >= 11 is 0. The first-order valence-corrected chi connectivity index (χ1v) is 10.4. The van der Waals surface area contributed by atoms with Gasteiger partial charge in [-0.05, 0) is 33.6 Å². The van der Waals surface area contributed by atoms with Gasteiger partial charge < -0.3 is 21.3 Å². The lowest BCUT2D eigenvalue weighted by Crippen LogP contribution is -2.60. The Balaban J connectivity index is 5.73. The summed E-state index contributed by atoms with van der Waals surface area (Å²) in [6.45, 7) is 8.94. The van der Waals surface area contributed by atoms with Gasteiger partial charge in [-0.15, -0.1) is 0 Å². The predicted octanol–water partition coefficient (Wildman–Crippen LogP) is 3.17. The first-order chi connectivity index (χ1) is 12.9. The number of hydrogen-bond acceptors (Lipinski definition) is 6. The molecule has 0 aliphatic rings. The summed E-state index contributed by atoms with van der Waals surface area (Å²) in [7, 11) is 0. The number of rotatable bonds is 14. The number of carboxylic acid groups (broad SMARTS) is 1. The summed E-state index contributed by atoms with van der Waals surface area (Å²) in [4.78, 5) is 38.3. The monoisotopic (exact) mass is 400 g/mol. The molecule has 0 aromatic heterocycles. The van der Waals surface area contributed by atoms with E-state index >= 15 is 0 Å². The Morgan fingerprint density at radius 2 is 1.43 bits per heavy atom. The molecule has 0 saturated heterocycles. The number of carboxylic acids is 1. The second kappa shape index (κ2) is 12.2. The number of Topliss-reactive ketones (excluding diaryl/α,β-unsaturated/α-hetero) is 1. The molecule has 7 nitrogen and oxygen atoms in total. The summed E-state index contributed by atoms with van der Waals surface area (Å²) in [5.41, 5.74) is 8.86. The number of unbranched alkanes of at least 4 members (excludes halogenated alkanes) is 4. The Bertz CT molecular complexity index is 515. The van der Waals surface area contributed by atoms with E-state index in [1.54, 1.807) is 20.8 Å². The highest BCUT2D eigenvalue weighted by molar-refractivity contribution is 6.20. The van der Waals surface area contributed by atoms with E-state index in [0.29, 0.717) is 12.8 Å². The Hall–Kier alpha value is -1.47. The van der Waals surface area contributed by atoms with Gasteiger partial charge in [0, 0.05) is 18.5 Å². The van der Waals surface area contributed by atoms with Crippen LogP contribution in [0.3, 0.4) is 0 Å². The number of ketones is 1. The van der Waals surface area contributed by atoms with E-state index in [9.17, 15) is 19.5 Å². The topological polar surface area (TPSA) is 133 Å². The van der Waals surface area contributed by atoms with E-state index in [4.69, 9.17) is 16.2 Å². The van der Waals surface area contributed by atoms with Crippen molar-refractivity contribution in [1.29, 1.82) is 0 Å². The standard InChI is InChI=1S/C21H40N2O5/c1-6-8-10-12-15(22)14-17(24)21(18(25)26,16(23)13-11-9-7-2)19(27)28-20(3,4)5/h15-16H,6-14,22-23H2,1-5H3,(H,25,26)/t15?,16-,21+/m0/s1. The van der Waals surface area contributed by atoms with Crippen LogP contribution in [-0.4, -0.2) is 40.5 Å². The molecular weight excluding hydrogens is 360 g/mol. The minimum atomic E-state index is -2.43. The fourth-order valence-electron chi connectivity index (χ4n) is 3.18. The summed E-state index contributed by atoms with van der Waals surface area (Å²) in [5, 5.41) is 9.97. The van der Waals surface area contributed by atoms with Crippen LogP contribution in [0.5, 0.6) is 0 Å². The van der Waals surface area contributed by atoms with Gasteiger partial charge >= 0.3 is 11.9 Å². The molecule has 0 fully saturated rings. The van der Waals surface area contributed by atoms with E-state index < -0.39 is 40.8 Å². The highest BCUT2D eigenvalue weighted by Crippen LogP contribution is 2.32. The number of nitrogens with two attached hydrogens (primary N) is 2. The van der Waals surface area contributed by atoms with Crippen molar-refractivity contribution < 1.29 is 24.2 Å². The number of aliphatic carboxylic acids is 1. The molecule has 1 unspecified atom stereocenters. The van der Waals surface area contributed by atoms with Crippen LogP contribution >= 0.6 is 0 Å². The number of hydrogen-bond donors (Lipinski definition) is 3. The molecule has 0 aliphatic carbocycles. The number of carbonyl (C=O) groups is 3. The molecule has 7 heteroatoms. The molecule has 0 aromatic carbocycles. The molecule has 3 atom stereocenters. The van der Waals surface area contributed by atoms with Crippen LogP contribution in [0, 0.1) is 5.41 Å². The van der Waals surface area contributed by atoms with Crippen molar-refractivity contribution in [1.82, 2.24) is 0 Å². The molecular formula is C21H40N2O5. The Morgan fingerprint density at radius 3 is 1.86 bits per heavy atom. The Labute approximate surface area is 169 Å². The molecule has 28 heavy (non-hydrogen) atoms. The maximum Gasteiger partial charge on any atom is 0.333 e. The van der Waals surface area contributed by atoms with Crippen molar-refractivity contribution in [2.45, 2.75) is 110 Å². The minimum absolute atomic E-state index is 0.212. The van der Waals surface area contributed by atoms with E-state index in [2.05, 4.69) is 6.92 Å². The molecule has 0 bridgehead atoms. The molecule has 5 N–H and O–H groups in total. The lowest BCUT2D eigenvalue weighted by atomic mass is 9.72. The van der Waals surface area contributed by atoms with Crippen molar-refractivity contribution in [2.24, 2.45) is 16.9 Å². The Kier molecular flexibility index (Phi) is 11.5. The van der Waals surface area contributed by atoms with Crippen molar-refractivity contribution in [3.63, 3.8) is 0 Å². The van der Waals surface area contributed by atoms with E-state index in [-0.39, 0.29) is 12.8 Å². The third kappa shape index (κ3) is 7.87. The largest absolute Gasteiger partial charge is 0.480 e. The average molecular weight is 401 g/mol. The third-order valence-electron chi connectivity index (χ3n) is 4.80. The first-order valence-electron chi connectivity index (χ1n) is 10.4. The minimum Gasteiger partial charge on any atom is -0.480 e. The normalized spacial score (nSPS) is 16.1. The van der Waals surface area contributed by atoms with Crippen LogP contribution in [0.15, 0.2) is 0 Å². The van der Waals surface area contributed by atoms with Gasteiger partial charge in [0.05, 0.1) is 0 Å². The quantitative estimate of drug-likeness (QED) is 0.232. The zero-order chi connectivity index (χ0) is 22.0. The number of esters is 1. The lowest BCUT2D eigenvalue weighted by Gasteiger charge is -2.34. The molecule has 0 rings (SSSR count). The molecule has 164 valence electrons. The van der Waals surface area contributed by atoms with Crippen molar-refractivity contribution in [3.05, 3.63) is 0 Å². The average Bonchev–Trinajstić information content (AvgIpc) is 2.53. The molecule has 0 amide bonds. The van der Waals surface area contributed by atoms with Crippen molar-refractivity contribution >= 4 is 17.7 Å². The number of carbonyl (C=O) groups excluding carboxylic acids is 2. The lowest BCUT2D eigenvalue weighted by molar-refractivity contribution is -0.180. The fraction of sp³-hybridized carbons (Fsp3) is 0.857. The van der Waals surface area contributed by atoms with Gasteiger partial charge in [0.25, 0.3) is 0 Å². The van der Waals surface area contributed by atoms with Gasteiger partial charge in [-0.2, -0.15) is 0 Å². The molecule has 0 saturated carbocycles. The highest BCUT2D eigenvalue weighted by atomic mass is 16.6. The Morgan fingerprint density at radius 1 is 0.929 bits per heavy atom. The SMILES string of the molecule is CCCCCC(N)CC(=O)[C@](C(=O)O)(C(=O)OC(C)(C)C)[C@@H](N)CCCCC. The third-order valence-corrected chi connectivity index (χ3v) is 4.80. The van der Waals surface area contributed by atoms with Crippen molar-refractivity contribution in [3.8, 4) is 0 Å². The second-order valence-corrected chi connectivity index (χ2v) is 8.60. The fourth-order valence-corrected chi connectivity index (χ4v) is 3.18. The van der Waals surface area contributed by atoms with E-state index in [1.807, 2.05) is 6.92 Å². The molecule has 0 radical (unpaired) electrons. The van der Waals surface area contributed by atoms with E-state index in [1.165, 1.54) is 0 Å². The van der Waals surface area contributed by atoms with Crippen LogP contribution in [0.1, 0.15) is 92.4 Å². The maximum absolute atomic E-state index is 13.1. The van der Waals surface area contributed by atoms with Gasteiger partial charge in [0.1, 0.15) is 5.60 Å². The molecule has 0 aromatic rings. The molecule has 0 aliphatic heterocycles. The van der Waals surface area contributed by atoms with Gasteiger partial charge in [-0.1, -0.05) is 52.4 Å². The van der Waals surface area contributed by atoms with Gasteiger partial charge in [0.15, 0.2) is 5.78 Å². The van der Waals surface area contributed by atoms with Crippen molar-refractivity contribution in [2.75, 3.05) is 0 Å². The molecule has 0 heterocycles. The zero-order valence-corrected chi connectivity index (χ0v) is 18.3. The second-order valence-electron chi connectivity index (χ2n) is 8.60. The summed E-state index contributed by atoms with van der Waals surface area (Å²) < 4.78 is 5.33. The smallest absolute Gasteiger partial charge is 0.333 e. The van der Waals surface area contributed by atoms with Gasteiger partial charge in [-0.25, -0.2) is 0 Å².